The van der Waals surface area contributed by atoms with Gasteiger partial charge in [0.1, 0.15) is 5.82 Å². The van der Waals surface area contributed by atoms with Crippen molar-refractivity contribution in [3.8, 4) is 0 Å². The van der Waals surface area contributed by atoms with E-state index in [0.717, 1.165) is 6.07 Å². The Morgan fingerprint density at radius 2 is 2.08 bits per heavy atom. The third kappa shape index (κ3) is 3.01. The van der Waals surface area contributed by atoms with E-state index in [2.05, 4.69) is 0 Å². The van der Waals surface area contributed by atoms with E-state index in [0.29, 0.717) is 0 Å². The molecule has 0 heterocycles. The molecule has 0 aliphatic rings. The topological polar surface area (TPSA) is 40.1 Å². The molecule has 0 radical (unpaired) electrons. The summed E-state index contributed by atoms with van der Waals surface area (Å²) in [7, 11) is 0. The Kier molecular flexibility index (Phi) is 5.31. The van der Waals surface area contributed by atoms with E-state index < -0.39 is 11.8 Å². The van der Waals surface area contributed by atoms with Gasteiger partial charge in [0.2, 0.25) is 0 Å². The molecule has 0 bridgehead atoms. The number of hydrogen-bond donors (Lipinski definition) is 0. The van der Waals surface area contributed by atoms with E-state index in [4.69, 9.17) is 0 Å². The van der Waals surface area contributed by atoms with Gasteiger partial charge in [-0.15, -0.1) is 0 Å². The first-order valence-corrected chi connectivity index (χ1v) is 3.85. The molecule has 0 spiro atoms. The molecule has 1 aromatic carbocycles. The van der Waals surface area contributed by atoms with Gasteiger partial charge in [0, 0.05) is 3.57 Å². The van der Waals surface area contributed by atoms with Gasteiger partial charge in [-0.2, -0.15) is 0 Å². The number of aromatic carboxylic acids is 1. The Hall–Kier alpha value is 0.350. The van der Waals surface area contributed by atoms with Crippen LogP contribution in [0, 0.1) is 9.39 Å². The summed E-state index contributed by atoms with van der Waals surface area (Å²) in [4.78, 5) is 10.2. The summed E-state index contributed by atoms with van der Waals surface area (Å²) in [5, 5.41) is 10.2. The van der Waals surface area contributed by atoms with E-state index in [9.17, 15) is 14.3 Å². The quantitative estimate of drug-likeness (QED) is 0.434. The summed E-state index contributed by atoms with van der Waals surface area (Å²) in [6, 6.07) is 3.50. The predicted molar refractivity (Wildman–Crippen MR) is 43.4 cm³/mol. The molecule has 0 aromatic heterocycles. The monoisotopic (exact) mass is 288 g/mol. The van der Waals surface area contributed by atoms with Crippen LogP contribution < -0.4 is 34.7 Å². The van der Waals surface area contributed by atoms with Crippen molar-refractivity contribution in [2.45, 2.75) is 0 Å². The van der Waals surface area contributed by atoms with Gasteiger partial charge in [-0.25, -0.2) is 4.39 Å². The molecule has 0 saturated heterocycles. The average molecular weight is 288 g/mol. The number of carbonyl (C=O) groups excluding carboxylic acids is 1. The van der Waals surface area contributed by atoms with Gasteiger partial charge >= 0.3 is 29.6 Å². The van der Waals surface area contributed by atoms with Crippen LogP contribution in [0.1, 0.15) is 10.4 Å². The normalized spacial score (nSPS) is 8.83. The molecule has 0 N–H and O–H groups in total. The van der Waals surface area contributed by atoms with E-state index in [-0.39, 0.29) is 38.7 Å². The second-order valence-corrected chi connectivity index (χ2v) is 3.08. The zero-order chi connectivity index (χ0) is 8.43. The van der Waals surface area contributed by atoms with Crippen molar-refractivity contribution in [2.75, 3.05) is 0 Å². The maximum absolute atomic E-state index is 12.5. The molecular weight excluding hydrogens is 285 g/mol. The van der Waals surface area contributed by atoms with Crippen LogP contribution in [0.3, 0.4) is 0 Å². The fraction of sp³-hybridized carbons (Fsp3) is 0. The second kappa shape index (κ2) is 5.16. The largest absolute Gasteiger partial charge is 1.00 e. The van der Waals surface area contributed by atoms with Crippen LogP contribution in [0.25, 0.3) is 0 Å². The van der Waals surface area contributed by atoms with Crippen LogP contribution in [-0.4, -0.2) is 5.97 Å². The van der Waals surface area contributed by atoms with Crippen LogP contribution in [-0.2, 0) is 0 Å². The van der Waals surface area contributed by atoms with Gasteiger partial charge in [0.05, 0.1) is 5.97 Å². The first kappa shape index (κ1) is 12.3. The number of rotatable bonds is 1. The van der Waals surface area contributed by atoms with Crippen molar-refractivity contribution in [3.05, 3.63) is 33.1 Å². The molecule has 0 saturated carbocycles. The summed E-state index contributed by atoms with van der Waals surface area (Å²) < 4.78 is 12.8. The smallest absolute Gasteiger partial charge is 0.545 e. The van der Waals surface area contributed by atoms with Gasteiger partial charge in [-0.1, -0.05) is 6.07 Å². The fourth-order valence-corrected chi connectivity index (χ4v) is 1.14. The fourth-order valence-electron chi connectivity index (χ4n) is 0.623. The number of halogens is 2. The Bertz CT molecular complexity index is 303. The van der Waals surface area contributed by atoms with Crippen molar-refractivity contribution in [2.24, 2.45) is 0 Å². The number of carboxylic acids is 1. The summed E-state index contributed by atoms with van der Waals surface area (Å²) in [6.07, 6.45) is 0. The van der Waals surface area contributed by atoms with Gasteiger partial charge in [-0.3, -0.25) is 0 Å². The van der Waals surface area contributed by atoms with Crippen molar-refractivity contribution >= 4 is 28.6 Å². The Morgan fingerprint density at radius 3 is 2.50 bits per heavy atom. The average Bonchev–Trinajstić information content (AvgIpc) is 1.94. The minimum absolute atomic E-state index is 0. The maximum atomic E-state index is 12.5. The van der Waals surface area contributed by atoms with Crippen LogP contribution in [0.5, 0.6) is 0 Å². The van der Waals surface area contributed by atoms with Gasteiger partial charge in [0.15, 0.2) is 0 Å². The molecule has 0 amide bonds. The minimum Gasteiger partial charge on any atom is -0.545 e. The van der Waals surface area contributed by atoms with Crippen LogP contribution >= 0.6 is 22.6 Å². The molecule has 1 aromatic rings. The summed E-state index contributed by atoms with van der Waals surface area (Å²) in [5.41, 5.74) is -0.00389. The second-order valence-electron chi connectivity index (χ2n) is 1.92. The molecule has 0 atom stereocenters. The molecular formula is C7H3FINaO2. The number of benzene rings is 1. The minimum atomic E-state index is -1.29. The van der Waals surface area contributed by atoms with E-state index in [1.807, 2.05) is 0 Å². The zero-order valence-electron chi connectivity index (χ0n) is 6.30. The van der Waals surface area contributed by atoms with Gasteiger partial charge in [0.25, 0.3) is 0 Å². The number of carbonyl (C=O) groups is 1. The number of hydrogen-bond acceptors (Lipinski definition) is 2. The Balaban J connectivity index is 0.00000121. The standard InChI is InChI=1S/C7H4FIO2.Na/c8-5-2-1-4(7(10)11)3-6(5)9;/h1-3H,(H,10,11);/q;+1/p-1. The first-order chi connectivity index (χ1) is 5.11. The van der Waals surface area contributed by atoms with E-state index in [1.54, 1.807) is 22.6 Å². The maximum Gasteiger partial charge on any atom is 1.00 e. The molecule has 0 fully saturated rings. The molecule has 12 heavy (non-hydrogen) atoms. The third-order valence-electron chi connectivity index (χ3n) is 1.16. The third-order valence-corrected chi connectivity index (χ3v) is 1.98. The molecule has 5 heteroatoms. The Morgan fingerprint density at radius 1 is 1.50 bits per heavy atom. The van der Waals surface area contributed by atoms with Gasteiger partial charge < -0.3 is 9.90 Å². The van der Waals surface area contributed by atoms with Crippen LogP contribution in [0.2, 0.25) is 0 Å². The first-order valence-electron chi connectivity index (χ1n) is 2.77. The van der Waals surface area contributed by atoms with Crippen molar-refractivity contribution in [1.29, 1.82) is 0 Å². The molecule has 0 aliphatic carbocycles. The predicted octanol–water partition coefficient (Wildman–Crippen LogP) is -2.20. The molecule has 2 nitrogen and oxygen atoms in total. The number of carboxylic acid groups (broad SMARTS) is 1. The molecule has 1 rings (SSSR count). The zero-order valence-corrected chi connectivity index (χ0v) is 10.5. The van der Waals surface area contributed by atoms with Crippen molar-refractivity contribution in [1.82, 2.24) is 0 Å². The Labute approximate surface area is 105 Å². The molecule has 58 valence electrons. The van der Waals surface area contributed by atoms with Gasteiger partial charge in [-0.05, 0) is 40.3 Å². The molecule has 0 unspecified atom stereocenters. The van der Waals surface area contributed by atoms with Crippen LogP contribution in [0.15, 0.2) is 18.2 Å². The summed E-state index contributed by atoms with van der Waals surface area (Å²) >= 11 is 1.72. The van der Waals surface area contributed by atoms with Crippen molar-refractivity contribution < 1.29 is 43.8 Å². The van der Waals surface area contributed by atoms with E-state index in [1.165, 1.54) is 12.1 Å². The summed E-state index contributed by atoms with van der Waals surface area (Å²) in [6.45, 7) is 0. The van der Waals surface area contributed by atoms with E-state index >= 15 is 0 Å². The molecule has 0 aliphatic heterocycles. The summed E-state index contributed by atoms with van der Waals surface area (Å²) in [5.74, 6) is -1.71. The van der Waals surface area contributed by atoms with Crippen molar-refractivity contribution in [3.63, 3.8) is 0 Å². The van der Waals surface area contributed by atoms with Crippen LogP contribution in [0.4, 0.5) is 4.39 Å². The SMILES string of the molecule is O=C([O-])c1ccc(F)c(I)c1.[Na+].